The Morgan fingerprint density at radius 2 is 2.17 bits per heavy atom. The average Bonchev–Trinajstić information content (AvgIpc) is 3.06. The molecule has 1 aliphatic heterocycles. The van der Waals surface area contributed by atoms with Gasteiger partial charge in [-0.1, -0.05) is 18.2 Å². The van der Waals surface area contributed by atoms with Crippen LogP contribution in [0, 0.1) is 0 Å². The van der Waals surface area contributed by atoms with E-state index in [4.69, 9.17) is 4.74 Å². The number of hydrogen-bond donors (Lipinski definition) is 2. The molecule has 2 N–H and O–H groups in total. The Morgan fingerprint density at radius 1 is 1.35 bits per heavy atom. The first-order valence-electron chi connectivity index (χ1n) is 8.34. The molecule has 122 valence electrons. The van der Waals surface area contributed by atoms with E-state index >= 15 is 0 Å². The van der Waals surface area contributed by atoms with Crippen molar-refractivity contribution in [1.29, 1.82) is 0 Å². The Hall–Kier alpha value is -1.36. The fourth-order valence-electron chi connectivity index (χ4n) is 3.67. The van der Waals surface area contributed by atoms with Crippen molar-refractivity contribution in [1.82, 2.24) is 5.32 Å². The second kappa shape index (κ2) is 5.62. The van der Waals surface area contributed by atoms with Gasteiger partial charge < -0.3 is 15.2 Å². The number of rotatable bonds is 4. The Labute approximate surface area is 141 Å². The number of para-hydroxylation sites is 1. The van der Waals surface area contributed by atoms with Crippen LogP contribution in [-0.2, 0) is 5.60 Å². The molecule has 2 aromatic rings. The van der Waals surface area contributed by atoms with Crippen molar-refractivity contribution in [2.75, 3.05) is 6.54 Å². The van der Waals surface area contributed by atoms with Gasteiger partial charge in [0.2, 0.25) is 0 Å². The summed E-state index contributed by atoms with van der Waals surface area (Å²) in [6.07, 6.45) is 4.52. The van der Waals surface area contributed by atoms with E-state index in [-0.39, 0.29) is 11.6 Å². The predicted octanol–water partition coefficient (Wildman–Crippen LogP) is 3.99. The second-order valence-electron chi connectivity index (χ2n) is 7.10. The highest BCUT2D eigenvalue weighted by molar-refractivity contribution is 7.08. The van der Waals surface area contributed by atoms with Gasteiger partial charge in [0.05, 0.1) is 0 Å². The predicted molar refractivity (Wildman–Crippen MR) is 92.9 cm³/mol. The minimum Gasteiger partial charge on any atom is -0.487 e. The van der Waals surface area contributed by atoms with Gasteiger partial charge in [0.1, 0.15) is 17.0 Å². The molecular formula is C19H23NO2S. The molecule has 0 radical (unpaired) electrons. The summed E-state index contributed by atoms with van der Waals surface area (Å²) in [6.45, 7) is 2.42. The van der Waals surface area contributed by atoms with E-state index < -0.39 is 5.60 Å². The van der Waals surface area contributed by atoms with Gasteiger partial charge in [-0.15, -0.1) is 0 Å². The molecule has 1 spiro atoms. The number of ether oxygens (including phenoxy) is 1. The third-order valence-corrected chi connectivity index (χ3v) is 5.98. The van der Waals surface area contributed by atoms with Crippen molar-refractivity contribution in [2.45, 2.75) is 49.9 Å². The summed E-state index contributed by atoms with van der Waals surface area (Å²) in [5, 5.41) is 18.4. The number of benzene rings is 1. The minimum atomic E-state index is -0.847. The number of thiophene rings is 1. The van der Waals surface area contributed by atoms with Gasteiger partial charge >= 0.3 is 0 Å². The Balaban J connectivity index is 1.54. The van der Waals surface area contributed by atoms with Gasteiger partial charge in [0.15, 0.2) is 0 Å². The summed E-state index contributed by atoms with van der Waals surface area (Å²) in [5.41, 5.74) is 1.36. The van der Waals surface area contributed by atoms with Crippen LogP contribution >= 0.6 is 11.3 Å². The van der Waals surface area contributed by atoms with Gasteiger partial charge in [-0.05, 0) is 54.6 Å². The van der Waals surface area contributed by atoms with Gasteiger partial charge in [-0.3, -0.25) is 0 Å². The standard InChI is InChI=1S/C19H23NO2S/c1-18(21,14-7-10-23-12-14)13-20-16-11-19(8-4-9-19)22-17-6-3-2-5-15(16)17/h2-3,5-7,10,12,16,20-21H,4,8-9,11,13H2,1H3. The largest absolute Gasteiger partial charge is 0.487 e. The maximum Gasteiger partial charge on any atom is 0.124 e. The van der Waals surface area contributed by atoms with Gasteiger partial charge in [0.25, 0.3) is 0 Å². The minimum absolute atomic E-state index is 0.0141. The van der Waals surface area contributed by atoms with Crippen molar-refractivity contribution in [3.63, 3.8) is 0 Å². The molecular weight excluding hydrogens is 306 g/mol. The fourth-order valence-corrected chi connectivity index (χ4v) is 4.46. The van der Waals surface area contributed by atoms with E-state index in [0.717, 1.165) is 30.6 Å². The molecule has 2 unspecified atom stereocenters. The molecule has 0 saturated heterocycles. The molecule has 2 aliphatic rings. The maximum absolute atomic E-state index is 10.8. The van der Waals surface area contributed by atoms with Crippen molar-refractivity contribution in [2.24, 2.45) is 0 Å². The topological polar surface area (TPSA) is 41.5 Å². The molecule has 3 nitrogen and oxygen atoms in total. The lowest BCUT2D eigenvalue weighted by molar-refractivity contribution is -0.0402. The lowest BCUT2D eigenvalue weighted by Gasteiger charge is -2.48. The monoisotopic (exact) mass is 329 g/mol. The Bertz CT molecular complexity index is 676. The van der Waals surface area contributed by atoms with Crippen LogP contribution in [0.3, 0.4) is 0 Å². The number of hydrogen-bond acceptors (Lipinski definition) is 4. The van der Waals surface area contributed by atoms with Crippen molar-refractivity contribution in [3.8, 4) is 5.75 Å². The molecule has 1 aromatic carbocycles. The molecule has 23 heavy (non-hydrogen) atoms. The number of aliphatic hydroxyl groups is 1. The van der Waals surface area contributed by atoms with Gasteiger partial charge in [-0.25, -0.2) is 0 Å². The van der Waals surface area contributed by atoms with Crippen LogP contribution in [0.2, 0.25) is 0 Å². The molecule has 2 atom stereocenters. The van der Waals surface area contributed by atoms with Gasteiger partial charge in [0, 0.05) is 24.6 Å². The smallest absolute Gasteiger partial charge is 0.124 e. The fraction of sp³-hybridized carbons (Fsp3) is 0.474. The first kappa shape index (κ1) is 15.2. The van der Waals surface area contributed by atoms with Crippen LogP contribution in [0.15, 0.2) is 41.1 Å². The molecule has 4 heteroatoms. The zero-order chi connectivity index (χ0) is 15.9. The SMILES string of the molecule is CC(O)(CNC1CC2(CCC2)Oc2ccccc21)c1ccsc1. The maximum atomic E-state index is 10.8. The molecule has 0 bridgehead atoms. The quantitative estimate of drug-likeness (QED) is 0.891. The molecule has 1 fully saturated rings. The summed E-state index contributed by atoms with van der Waals surface area (Å²) in [6, 6.07) is 10.5. The van der Waals surface area contributed by atoms with Crippen molar-refractivity contribution >= 4 is 11.3 Å². The highest BCUT2D eigenvalue weighted by Crippen LogP contribution is 2.48. The van der Waals surface area contributed by atoms with E-state index in [1.807, 2.05) is 29.8 Å². The molecule has 0 amide bonds. The second-order valence-corrected chi connectivity index (χ2v) is 7.88. The molecule has 1 saturated carbocycles. The van der Waals surface area contributed by atoms with Crippen molar-refractivity contribution < 1.29 is 9.84 Å². The molecule has 1 aromatic heterocycles. The van der Waals surface area contributed by atoms with Crippen LogP contribution in [0.25, 0.3) is 0 Å². The number of nitrogens with one attached hydrogen (secondary N) is 1. The third-order valence-electron chi connectivity index (χ3n) is 5.30. The summed E-state index contributed by atoms with van der Waals surface area (Å²) < 4.78 is 6.29. The highest BCUT2D eigenvalue weighted by atomic mass is 32.1. The zero-order valence-corrected chi connectivity index (χ0v) is 14.2. The Kier molecular flexibility index (Phi) is 3.71. The van der Waals surface area contributed by atoms with E-state index in [2.05, 4.69) is 23.5 Å². The molecule has 1 aliphatic carbocycles. The van der Waals surface area contributed by atoms with Crippen molar-refractivity contribution in [3.05, 3.63) is 52.2 Å². The van der Waals surface area contributed by atoms with Crippen LogP contribution in [0.4, 0.5) is 0 Å². The van der Waals surface area contributed by atoms with E-state index in [0.29, 0.717) is 6.54 Å². The summed E-state index contributed by atoms with van der Waals surface area (Å²) in [7, 11) is 0. The van der Waals surface area contributed by atoms with Crippen LogP contribution in [0.5, 0.6) is 5.75 Å². The van der Waals surface area contributed by atoms with Crippen LogP contribution in [-0.4, -0.2) is 17.3 Å². The highest BCUT2D eigenvalue weighted by Gasteiger charge is 2.45. The van der Waals surface area contributed by atoms with Crippen LogP contribution in [0.1, 0.15) is 49.8 Å². The first-order valence-corrected chi connectivity index (χ1v) is 9.29. The van der Waals surface area contributed by atoms with E-state index in [1.165, 1.54) is 12.0 Å². The zero-order valence-electron chi connectivity index (χ0n) is 13.4. The average molecular weight is 329 g/mol. The lowest BCUT2D eigenvalue weighted by Crippen LogP contribution is -2.50. The third kappa shape index (κ3) is 2.80. The molecule has 2 heterocycles. The first-order chi connectivity index (χ1) is 11.1. The summed E-state index contributed by atoms with van der Waals surface area (Å²) in [5.74, 6) is 1.01. The van der Waals surface area contributed by atoms with Gasteiger partial charge in [-0.2, -0.15) is 11.3 Å². The van der Waals surface area contributed by atoms with E-state index in [9.17, 15) is 5.11 Å². The normalized spacial score (nSPS) is 24.3. The Morgan fingerprint density at radius 3 is 2.87 bits per heavy atom. The van der Waals surface area contributed by atoms with Crippen LogP contribution < -0.4 is 10.1 Å². The molecule has 4 rings (SSSR count). The summed E-state index contributed by atoms with van der Waals surface area (Å²) in [4.78, 5) is 0. The summed E-state index contributed by atoms with van der Waals surface area (Å²) >= 11 is 1.62. The number of fused-ring (bicyclic) bond motifs is 1. The van der Waals surface area contributed by atoms with E-state index in [1.54, 1.807) is 11.3 Å². The lowest BCUT2D eigenvalue weighted by atomic mass is 9.73.